The van der Waals surface area contributed by atoms with E-state index >= 15 is 0 Å². The van der Waals surface area contributed by atoms with Gasteiger partial charge in [0.2, 0.25) is 0 Å². The third-order valence-electron chi connectivity index (χ3n) is 4.58. The maximum absolute atomic E-state index is 12.7. The molecule has 3 rings (SSSR count). The zero-order valence-corrected chi connectivity index (χ0v) is 20.7. The first-order chi connectivity index (χ1) is 14.7. The van der Waals surface area contributed by atoms with Crippen molar-refractivity contribution in [3.63, 3.8) is 0 Å². The molecule has 0 fully saturated rings. The van der Waals surface area contributed by atoms with Crippen molar-refractivity contribution < 1.29 is 24.2 Å². The number of aryl methyl sites for hydroxylation is 1. The lowest BCUT2D eigenvalue weighted by molar-refractivity contribution is 0.0692. The molecule has 0 spiro atoms. The summed E-state index contributed by atoms with van der Waals surface area (Å²) < 4.78 is 12.0. The molecule has 0 aliphatic heterocycles. The lowest BCUT2D eigenvalue weighted by atomic mass is 9.95. The molecule has 7 heteroatoms. The Morgan fingerprint density at radius 2 is 1.39 bits per heavy atom. The highest BCUT2D eigenvalue weighted by molar-refractivity contribution is 9.10. The first-order valence-electron chi connectivity index (χ1n) is 9.20. The van der Waals surface area contributed by atoms with Crippen LogP contribution in [0.5, 0.6) is 11.5 Å². The normalized spacial score (nSPS) is 10.0. The summed E-state index contributed by atoms with van der Waals surface area (Å²) >= 11 is 6.62. The number of halogens is 2. The molecule has 0 radical (unpaired) electrons. The Labute approximate surface area is 198 Å². The largest absolute Gasteiger partial charge is 0.496 e. The van der Waals surface area contributed by atoms with Crippen molar-refractivity contribution in [2.75, 3.05) is 14.2 Å². The van der Waals surface area contributed by atoms with E-state index in [2.05, 4.69) is 31.9 Å². The minimum atomic E-state index is -1.13. The summed E-state index contributed by atoms with van der Waals surface area (Å²) in [7, 11) is 3.20. The van der Waals surface area contributed by atoms with Crippen molar-refractivity contribution >= 4 is 43.6 Å². The molecule has 0 saturated carbocycles. The van der Waals surface area contributed by atoms with Crippen molar-refractivity contribution in [3.8, 4) is 11.5 Å². The number of carbonyl (C=O) groups is 2. The van der Waals surface area contributed by atoms with Crippen LogP contribution in [-0.4, -0.2) is 31.1 Å². The molecule has 0 aliphatic carbocycles. The van der Waals surface area contributed by atoms with Crippen molar-refractivity contribution in [3.05, 3.63) is 91.4 Å². The lowest BCUT2D eigenvalue weighted by Gasteiger charge is -2.11. The van der Waals surface area contributed by atoms with E-state index in [1.165, 1.54) is 19.2 Å². The van der Waals surface area contributed by atoms with Gasteiger partial charge in [-0.2, -0.15) is 0 Å². The molecule has 0 atom stereocenters. The quantitative estimate of drug-likeness (QED) is 0.370. The summed E-state index contributed by atoms with van der Waals surface area (Å²) in [4.78, 5) is 24.0. The molecule has 0 amide bonds. The molecule has 31 heavy (non-hydrogen) atoms. The minimum absolute atomic E-state index is 0.0228. The molecule has 162 valence electrons. The Hall–Kier alpha value is -2.64. The van der Waals surface area contributed by atoms with Crippen LogP contribution in [0.25, 0.3) is 0 Å². The number of carboxylic acids is 1. The van der Waals surface area contributed by atoms with Gasteiger partial charge in [-0.3, -0.25) is 4.79 Å². The molecule has 3 aromatic rings. The average molecular weight is 550 g/mol. The van der Waals surface area contributed by atoms with Crippen LogP contribution < -0.4 is 9.47 Å². The smallest absolute Gasteiger partial charge is 0.336 e. The van der Waals surface area contributed by atoms with E-state index in [0.29, 0.717) is 21.3 Å². The number of aromatic carboxylic acids is 1. The van der Waals surface area contributed by atoms with Crippen LogP contribution in [0, 0.1) is 13.8 Å². The monoisotopic (exact) mass is 548 g/mol. The summed E-state index contributed by atoms with van der Waals surface area (Å²) in [5, 5.41) is 9.23. The third-order valence-corrected chi connectivity index (χ3v) is 5.56. The molecule has 0 bridgehead atoms. The number of methoxy groups -OCH3 is 2. The van der Waals surface area contributed by atoms with Gasteiger partial charge < -0.3 is 14.6 Å². The fourth-order valence-electron chi connectivity index (χ4n) is 2.91. The van der Waals surface area contributed by atoms with E-state index in [4.69, 9.17) is 9.47 Å². The summed E-state index contributed by atoms with van der Waals surface area (Å²) in [6.07, 6.45) is 0. The zero-order chi connectivity index (χ0) is 23.1. The van der Waals surface area contributed by atoms with Gasteiger partial charge in [0.05, 0.1) is 19.8 Å². The number of hydrogen-bond donors (Lipinski definition) is 1. The van der Waals surface area contributed by atoms with E-state index in [0.717, 1.165) is 15.8 Å². The predicted octanol–water partition coefficient (Wildman–Crippen LogP) is 6.46. The number of ketones is 1. The van der Waals surface area contributed by atoms with Gasteiger partial charge in [-0.15, -0.1) is 0 Å². The summed E-state index contributed by atoms with van der Waals surface area (Å²) in [5.41, 5.74) is 2.39. The number of rotatable bonds is 5. The van der Waals surface area contributed by atoms with Gasteiger partial charge in [0, 0.05) is 25.6 Å². The predicted molar refractivity (Wildman–Crippen MR) is 128 cm³/mol. The zero-order valence-electron chi connectivity index (χ0n) is 17.5. The maximum Gasteiger partial charge on any atom is 0.336 e. The van der Waals surface area contributed by atoms with Crippen molar-refractivity contribution in [1.82, 2.24) is 0 Å². The van der Waals surface area contributed by atoms with E-state index in [9.17, 15) is 14.7 Å². The van der Waals surface area contributed by atoms with Gasteiger partial charge in [0.1, 0.15) is 11.5 Å². The molecular formula is C24H22Br2O5. The molecule has 0 saturated heterocycles. The highest BCUT2D eigenvalue weighted by Gasteiger charge is 2.20. The Morgan fingerprint density at radius 1 is 0.774 bits per heavy atom. The molecular weight excluding hydrogens is 528 g/mol. The molecule has 5 nitrogen and oxygen atoms in total. The van der Waals surface area contributed by atoms with Crippen LogP contribution in [-0.2, 0) is 0 Å². The number of carboxylic acid groups (broad SMARTS) is 1. The summed E-state index contributed by atoms with van der Waals surface area (Å²) in [6.45, 7) is 3.79. The van der Waals surface area contributed by atoms with E-state index in [1.807, 2.05) is 25.1 Å². The van der Waals surface area contributed by atoms with Crippen molar-refractivity contribution in [2.45, 2.75) is 13.8 Å². The van der Waals surface area contributed by atoms with E-state index in [1.54, 1.807) is 38.3 Å². The lowest BCUT2D eigenvalue weighted by Crippen LogP contribution is -2.11. The second-order valence-electron chi connectivity index (χ2n) is 6.57. The standard InChI is InChI=1S/C16H13BrO4.C8H9BrO/c1-9-11(4-3-5-14(9)21-2)15(18)13-8-10(17)6-7-12(13)16(19)20;1-6-3-4-7(9)5-8(6)10-2/h3-8H,1-2H3,(H,19,20);3-5H,1-2H3. The van der Waals surface area contributed by atoms with Crippen LogP contribution in [0.4, 0.5) is 0 Å². The van der Waals surface area contributed by atoms with Gasteiger partial charge >= 0.3 is 5.97 Å². The summed E-state index contributed by atoms with van der Waals surface area (Å²) in [6, 6.07) is 15.6. The number of benzene rings is 3. The maximum atomic E-state index is 12.7. The molecule has 0 aliphatic rings. The average Bonchev–Trinajstić information content (AvgIpc) is 2.75. The molecule has 1 N–H and O–H groups in total. The van der Waals surface area contributed by atoms with Gasteiger partial charge in [-0.25, -0.2) is 4.79 Å². The number of hydrogen-bond acceptors (Lipinski definition) is 4. The Balaban J connectivity index is 0.000000285. The Kier molecular flexibility index (Phi) is 8.83. The van der Waals surface area contributed by atoms with Gasteiger partial charge in [0.15, 0.2) is 5.78 Å². The van der Waals surface area contributed by atoms with E-state index < -0.39 is 5.97 Å². The number of ether oxygens (including phenoxy) is 2. The molecule has 0 heterocycles. The van der Waals surface area contributed by atoms with Gasteiger partial charge in [0.25, 0.3) is 0 Å². The SMILES string of the molecule is COc1cc(Br)ccc1C.COc1cccc(C(=O)c2cc(Br)ccc2C(=O)O)c1C. The highest BCUT2D eigenvalue weighted by atomic mass is 79.9. The first-order valence-corrected chi connectivity index (χ1v) is 10.8. The van der Waals surface area contributed by atoms with Gasteiger partial charge in [-0.05, 0) is 55.8 Å². The Morgan fingerprint density at radius 3 is 1.97 bits per heavy atom. The second kappa shape index (κ2) is 11.1. The van der Waals surface area contributed by atoms with Crippen LogP contribution in [0.15, 0.2) is 63.5 Å². The van der Waals surface area contributed by atoms with Crippen LogP contribution in [0.2, 0.25) is 0 Å². The second-order valence-corrected chi connectivity index (χ2v) is 8.40. The molecule has 0 unspecified atom stereocenters. The summed E-state index contributed by atoms with van der Waals surface area (Å²) in [5.74, 6) is 0.0404. The van der Waals surface area contributed by atoms with Crippen LogP contribution in [0.3, 0.4) is 0 Å². The number of carbonyl (C=O) groups excluding carboxylic acids is 1. The first kappa shape index (κ1) is 24.6. The van der Waals surface area contributed by atoms with Crippen molar-refractivity contribution in [2.24, 2.45) is 0 Å². The van der Waals surface area contributed by atoms with Crippen LogP contribution in [0.1, 0.15) is 37.4 Å². The van der Waals surface area contributed by atoms with Crippen molar-refractivity contribution in [1.29, 1.82) is 0 Å². The van der Waals surface area contributed by atoms with E-state index in [-0.39, 0.29) is 16.9 Å². The molecule has 3 aromatic carbocycles. The van der Waals surface area contributed by atoms with Crippen LogP contribution >= 0.6 is 31.9 Å². The minimum Gasteiger partial charge on any atom is -0.496 e. The topological polar surface area (TPSA) is 72.8 Å². The highest BCUT2D eigenvalue weighted by Crippen LogP contribution is 2.26. The fourth-order valence-corrected chi connectivity index (χ4v) is 3.61. The fraction of sp³-hybridized carbons (Fsp3) is 0.167. The van der Waals surface area contributed by atoms with Gasteiger partial charge in [-0.1, -0.05) is 50.1 Å². The molecule has 0 aromatic heterocycles. The Bertz CT molecular complexity index is 1110. The third kappa shape index (κ3) is 6.18.